The van der Waals surface area contributed by atoms with Crippen molar-refractivity contribution in [3.63, 3.8) is 0 Å². The van der Waals surface area contributed by atoms with Gasteiger partial charge in [0.15, 0.2) is 4.34 Å². The number of nitrogens with one attached hydrogen (secondary N) is 1. The number of hydrazone groups is 1. The summed E-state index contributed by atoms with van der Waals surface area (Å²) in [6.45, 7) is 0. The average Bonchev–Trinajstić information content (AvgIpc) is 2.97. The molecule has 0 saturated carbocycles. The number of amides is 1. The maximum absolute atomic E-state index is 11.8. The Morgan fingerprint density at radius 3 is 2.77 bits per heavy atom. The van der Waals surface area contributed by atoms with Crippen LogP contribution in [0.2, 0.25) is 0 Å². The number of carbonyl (C=O) groups excluding carboxylic acids is 1. The van der Waals surface area contributed by atoms with Gasteiger partial charge in [0.05, 0.1) is 22.2 Å². The van der Waals surface area contributed by atoms with E-state index >= 15 is 0 Å². The highest BCUT2D eigenvalue weighted by atomic mass is 32.2. The molecule has 3 rings (SSSR count). The molecule has 22 heavy (non-hydrogen) atoms. The molecule has 0 spiro atoms. The van der Waals surface area contributed by atoms with E-state index in [0.717, 1.165) is 20.1 Å². The first-order chi connectivity index (χ1) is 10.8. The Kier molecular flexibility index (Phi) is 4.82. The maximum Gasteiger partial charge on any atom is 0.250 e. The number of thioether (sulfide) groups is 1. The van der Waals surface area contributed by atoms with E-state index in [-0.39, 0.29) is 5.91 Å². The largest absolute Gasteiger partial charge is 0.272 e. The summed E-state index contributed by atoms with van der Waals surface area (Å²) in [7, 11) is 0. The molecule has 0 aliphatic rings. The van der Waals surface area contributed by atoms with Crippen molar-refractivity contribution in [3.8, 4) is 0 Å². The highest BCUT2D eigenvalue weighted by Crippen LogP contribution is 2.28. The van der Waals surface area contributed by atoms with Gasteiger partial charge >= 0.3 is 0 Å². The molecule has 3 aromatic rings. The fourth-order valence-corrected chi connectivity index (χ4v) is 3.65. The summed E-state index contributed by atoms with van der Waals surface area (Å²) in [6, 6.07) is 17.6. The van der Waals surface area contributed by atoms with E-state index in [0.29, 0.717) is 5.75 Å². The Morgan fingerprint density at radius 1 is 1.18 bits per heavy atom. The molecule has 0 saturated heterocycles. The quantitative estimate of drug-likeness (QED) is 0.443. The van der Waals surface area contributed by atoms with E-state index in [9.17, 15) is 4.79 Å². The summed E-state index contributed by atoms with van der Waals surface area (Å²) >= 11 is 3.02. The fourth-order valence-electron chi connectivity index (χ4n) is 1.79. The minimum atomic E-state index is -0.142. The van der Waals surface area contributed by atoms with Crippen LogP contribution in [0.4, 0.5) is 0 Å². The molecule has 1 aromatic heterocycles. The van der Waals surface area contributed by atoms with Crippen LogP contribution in [0.5, 0.6) is 0 Å². The van der Waals surface area contributed by atoms with Crippen molar-refractivity contribution < 1.29 is 4.79 Å². The summed E-state index contributed by atoms with van der Waals surface area (Å²) in [4.78, 5) is 16.2. The molecule has 0 atom stereocenters. The van der Waals surface area contributed by atoms with E-state index in [1.54, 1.807) is 17.6 Å². The molecule has 1 N–H and O–H groups in total. The standard InChI is InChI=1S/C16H13N3OS2/c20-15(19-17-10-12-6-2-1-3-7-12)11-21-16-18-13-8-4-5-9-14(13)22-16/h1-10H,11H2,(H,19,20). The Morgan fingerprint density at radius 2 is 1.95 bits per heavy atom. The molecular formula is C16H13N3OS2. The third kappa shape index (κ3) is 3.93. The molecule has 0 unspecified atom stereocenters. The summed E-state index contributed by atoms with van der Waals surface area (Å²) in [5.74, 6) is 0.155. The van der Waals surface area contributed by atoms with Crippen LogP contribution in [0.15, 0.2) is 64.0 Å². The van der Waals surface area contributed by atoms with Gasteiger partial charge in [0.25, 0.3) is 5.91 Å². The third-order valence-electron chi connectivity index (χ3n) is 2.80. The Labute approximate surface area is 136 Å². The minimum Gasteiger partial charge on any atom is -0.272 e. The van der Waals surface area contributed by atoms with Crippen LogP contribution in [-0.2, 0) is 4.79 Å². The summed E-state index contributed by atoms with van der Waals surface area (Å²) in [6.07, 6.45) is 1.63. The van der Waals surface area contributed by atoms with Gasteiger partial charge in [-0.1, -0.05) is 54.2 Å². The first-order valence-electron chi connectivity index (χ1n) is 6.66. The van der Waals surface area contributed by atoms with Gasteiger partial charge in [-0.25, -0.2) is 10.4 Å². The van der Waals surface area contributed by atoms with Crippen molar-refractivity contribution in [2.75, 3.05) is 5.75 Å². The normalized spacial score (nSPS) is 11.1. The van der Waals surface area contributed by atoms with Gasteiger partial charge in [0.1, 0.15) is 0 Å². The summed E-state index contributed by atoms with van der Waals surface area (Å²) in [5, 5.41) is 3.94. The van der Waals surface area contributed by atoms with E-state index in [4.69, 9.17) is 0 Å². The molecule has 0 aliphatic carbocycles. The van der Waals surface area contributed by atoms with Gasteiger partial charge in [-0.2, -0.15) is 5.10 Å². The van der Waals surface area contributed by atoms with Gasteiger partial charge in [-0.15, -0.1) is 11.3 Å². The van der Waals surface area contributed by atoms with Gasteiger partial charge < -0.3 is 0 Å². The number of fused-ring (bicyclic) bond motifs is 1. The maximum atomic E-state index is 11.8. The van der Waals surface area contributed by atoms with Crippen molar-refractivity contribution in [1.29, 1.82) is 0 Å². The lowest BCUT2D eigenvalue weighted by atomic mass is 10.2. The second kappa shape index (κ2) is 7.20. The van der Waals surface area contributed by atoms with E-state index in [2.05, 4.69) is 15.5 Å². The number of aromatic nitrogens is 1. The minimum absolute atomic E-state index is 0.142. The molecule has 1 amide bonds. The summed E-state index contributed by atoms with van der Waals surface area (Å²) in [5.41, 5.74) is 4.44. The first-order valence-corrected chi connectivity index (χ1v) is 8.47. The van der Waals surface area contributed by atoms with Crippen LogP contribution >= 0.6 is 23.1 Å². The number of hydrogen-bond acceptors (Lipinski definition) is 5. The number of thiazole rings is 1. The number of benzene rings is 2. The number of nitrogens with zero attached hydrogens (tertiary/aromatic N) is 2. The molecule has 1 heterocycles. The SMILES string of the molecule is O=C(CSc1nc2ccccc2s1)NN=Cc1ccccc1. The predicted molar refractivity (Wildman–Crippen MR) is 92.5 cm³/mol. The summed E-state index contributed by atoms with van der Waals surface area (Å²) < 4.78 is 2.02. The van der Waals surface area contributed by atoms with Crippen LogP contribution < -0.4 is 5.43 Å². The molecule has 0 bridgehead atoms. The van der Waals surface area contributed by atoms with Crippen LogP contribution in [0.25, 0.3) is 10.2 Å². The molecule has 0 fully saturated rings. The number of carbonyl (C=O) groups is 1. The van der Waals surface area contributed by atoms with Crippen molar-refractivity contribution in [3.05, 3.63) is 60.2 Å². The molecule has 4 nitrogen and oxygen atoms in total. The molecule has 110 valence electrons. The number of rotatable bonds is 5. The molecule has 6 heteroatoms. The zero-order valence-corrected chi connectivity index (χ0v) is 13.2. The Bertz CT molecular complexity index is 766. The van der Waals surface area contributed by atoms with E-state index < -0.39 is 0 Å². The van der Waals surface area contributed by atoms with Crippen LogP contribution in [0.1, 0.15) is 5.56 Å². The number of para-hydroxylation sites is 1. The van der Waals surface area contributed by atoms with E-state index in [1.807, 2.05) is 54.6 Å². The second-order valence-corrected chi connectivity index (χ2v) is 6.69. The zero-order valence-electron chi connectivity index (χ0n) is 11.6. The fraction of sp³-hybridized carbons (Fsp3) is 0.0625. The smallest absolute Gasteiger partial charge is 0.250 e. The van der Waals surface area contributed by atoms with Gasteiger partial charge in [-0.05, 0) is 17.7 Å². The van der Waals surface area contributed by atoms with Crippen LogP contribution in [-0.4, -0.2) is 22.9 Å². The molecule has 0 radical (unpaired) electrons. The molecule has 2 aromatic carbocycles. The third-order valence-corrected chi connectivity index (χ3v) is 4.98. The van der Waals surface area contributed by atoms with Gasteiger partial charge in [0.2, 0.25) is 0 Å². The van der Waals surface area contributed by atoms with E-state index in [1.165, 1.54) is 11.8 Å². The van der Waals surface area contributed by atoms with Crippen molar-refractivity contribution in [2.45, 2.75) is 4.34 Å². The Hall–Kier alpha value is -2.18. The first kappa shape index (κ1) is 14.7. The van der Waals surface area contributed by atoms with Crippen molar-refractivity contribution in [1.82, 2.24) is 10.4 Å². The lowest BCUT2D eigenvalue weighted by Gasteiger charge is -1.97. The lowest BCUT2D eigenvalue weighted by molar-refractivity contribution is -0.118. The van der Waals surface area contributed by atoms with Crippen molar-refractivity contribution in [2.24, 2.45) is 5.10 Å². The monoisotopic (exact) mass is 327 g/mol. The molecular weight excluding hydrogens is 314 g/mol. The highest BCUT2D eigenvalue weighted by molar-refractivity contribution is 8.01. The Balaban J connectivity index is 1.51. The molecule has 0 aliphatic heterocycles. The van der Waals surface area contributed by atoms with Crippen molar-refractivity contribution >= 4 is 45.4 Å². The average molecular weight is 327 g/mol. The number of hydrogen-bond donors (Lipinski definition) is 1. The second-order valence-electron chi connectivity index (χ2n) is 4.44. The zero-order chi connectivity index (χ0) is 15.2. The van der Waals surface area contributed by atoms with Crippen LogP contribution in [0, 0.1) is 0 Å². The predicted octanol–water partition coefficient (Wildman–Crippen LogP) is 3.54. The van der Waals surface area contributed by atoms with Gasteiger partial charge in [-0.3, -0.25) is 4.79 Å². The van der Waals surface area contributed by atoms with Crippen LogP contribution in [0.3, 0.4) is 0 Å². The lowest BCUT2D eigenvalue weighted by Crippen LogP contribution is -2.19. The van der Waals surface area contributed by atoms with Gasteiger partial charge in [0, 0.05) is 0 Å². The topological polar surface area (TPSA) is 54.4 Å². The highest BCUT2D eigenvalue weighted by Gasteiger charge is 2.06.